The Morgan fingerprint density at radius 2 is 2.10 bits per heavy atom. The molecule has 1 aromatic heterocycles. The summed E-state index contributed by atoms with van der Waals surface area (Å²) in [7, 11) is 1.78. The number of ether oxygens (including phenoxy) is 1. The van der Waals surface area contributed by atoms with Crippen LogP contribution in [-0.4, -0.2) is 28.8 Å². The third-order valence-corrected chi connectivity index (χ3v) is 3.70. The standard InChI is InChI=1S/C13H14F3N3O/c1-19-11-3-2-7(13(14,15)16)4-10(11)18-12(19)8-5-20-6-9(8)17/h2-4,8-9H,5-6,17H2,1H3. The van der Waals surface area contributed by atoms with E-state index in [4.69, 9.17) is 10.5 Å². The van der Waals surface area contributed by atoms with Crippen molar-refractivity contribution in [1.29, 1.82) is 0 Å². The highest BCUT2D eigenvalue weighted by Gasteiger charge is 2.33. The highest BCUT2D eigenvalue weighted by molar-refractivity contribution is 5.77. The number of benzene rings is 1. The average Bonchev–Trinajstić information content (AvgIpc) is 2.92. The van der Waals surface area contributed by atoms with Gasteiger partial charge in [-0.15, -0.1) is 0 Å². The molecule has 7 heteroatoms. The number of fused-ring (bicyclic) bond motifs is 1. The minimum absolute atomic E-state index is 0.0817. The number of aryl methyl sites for hydroxylation is 1. The summed E-state index contributed by atoms with van der Waals surface area (Å²) in [5.41, 5.74) is 6.24. The van der Waals surface area contributed by atoms with Crippen molar-refractivity contribution in [3.05, 3.63) is 29.6 Å². The van der Waals surface area contributed by atoms with E-state index in [0.29, 0.717) is 30.1 Å². The van der Waals surface area contributed by atoms with Gasteiger partial charge in [0.25, 0.3) is 0 Å². The molecular weight excluding hydrogens is 271 g/mol. The molecular formula is C13H14F3N3O. The first-order valence-electron chi connectivity index (χ1n) is 6.25. The van der Waals surface area contributed by atoms with Crippen molar-refractivity contribution in [1.82, 2.24) is 9.55 Å². The first-order valence-corrected chi connectivity index (χ1v) is 6.25. The van der Waals surface area contributed by atoms with Gasteiger partial charge in [-0.05, 0) is 18.2 Å². The first kappa shape index (κ1) is 13.4. The summed E-state index contributed by atoms with van der Waals surface area (Å²) in [6.45, 7) is 0.895. The van der Waals surface area contributed by atoms with Crippen molar-refractivity contribution >= 4 is 11.0 Å². The summed E-state index contributed by atoms with van der Waals surface area (Å²) < 4.78 is 45.2. The van der Waals surface area contributed by atoms with Crippen molar-refractivity contribution in [2.45, 2.75) is 18.1 Å². The van der Waals surface area contributed by atoms with Crippen molar-refractivity contribution < 1.29 is 17.9 Å². The van der Waals surface area contributed by atoms with Gasteiger partial charge < -0.3 is 15.0 Å². The second kappa shape index (κ2) is 4.46. The van der Waals surface area contributed by atoms with Crippen LogP contribution in [-0.2, 0) is 18.0 Å². The maximum Gasteiger partial charge on any atom is 0.416 e. The molecule has 4 nitrogen and oxygen atoms in total. The van der Waals surface area contributed by atoms with E-state index < -0.39 is 11.7 Å². The predicted molar refractivity (Wildman–Crippen MR) is 67.3 cm³/mol. The van der Waals surface area contributed by atoms with Gasteiger partial charge in [-0.2, -0.15) is 13.2 Å². The minimum atomic E-state index is -4.36. The van der Waals surface area contributed by atoms with Gasteiger partial charge in [0.2, 0.25) is 0 Å². The van der Waals surface area contributed by atoms with E-state index in [9.17, 15) is 13.2 Å². The quantitative estimate of drug-likeness (QED) is 0.872. The largest absolute Gasteiger partial charge is 0.416 e. The van der Waals surface area contributed by atoms with Gasteiger partial charge in [-0.25, -0.2) is 4.98 Å². The van der Waals surface area contributed by atoms with Crippen LogP contribution in [0.15, 0.2) is 18.2 Å². The van der Waals surface area contributed by atoms with Gasteiger partial charge in [0.15, 0.2) is 0 Å². The molecule has 0 radical (unpaired) electrons. The number of rotatable bonds is 1. The molecule has 2 heterocycles. The highest BCUT2D eigenvalue weighted by atomic mass is 19.4. The average molecular weight is 285 g/mol. The van der Waals surface area contributed by atoms with Crippen LogP contribution in [0.5, 0.6) is 0 Å². The molecule has 0 saturated carbocycles. The smallest absolute Gasteiger partial charge is 0.379 e. The van der Waals surface area contributed by atoms with Crippen LogP contribution < -0.4 is 5.73 Å². The van der Waals surface area contributed by atoms with Crippen LogP contribution in [0.1, 0.15) is 17.3 Å². The number of imidazole rings is 1. The van der Waals surface area contributed by atoms with E-state index in [0.717, 1.165) is 12.1 Å². The van der Waals surface area contributed by atoms with Crippen LogP contribution >= 0.6 is 0 Å². The molecule has 20 heavy (non-hydrogen) atoms. The van der Waals surface area contributed by atoms with Gasteiger partial charge in [0, 0.05) is 13.1 Å². The summed E-state index contributed by atoms with van der Waals surface area (Å²) in [6, 6.07) is 3.40. The normalized spacial score (nSPS) is 23.6. The Kier molecular flexibility index (Phi) is 2.98. The van der Waals surface area contributed by atoms with Crippen molar-refractivity contribution in [2.75, 3.05) is 13.2 Å². The molecule has 2 atom stereocenters. The fourth-order valence-electron chi connectivity index (χ4n) is 2.56. The molecule has 1 fully saturated rings. The maximum absolute atomic E-state index is 12.7. The molecule has 2 aromatic rings. The Morgan fingerprint density at radius 3 is 2.70 bits per heavy atom. The fraction of sp³-hybridized carbons (Fsp3) is 0.462. The van der Waals surface area contributed by atoms with Gasteiger partial charge in [-0.3, -0.25) is 0 Å². The Bertz CT molecular complexity index is 650. The molecule has 1 aromatic carbocycles. The zero-order valence-electron chi connectivity index (χ0n) is 10.8. The number of aromatic nitrogens is 2. The maximum atomic E-state index is 12.7. The number of halogens is 3. The molecule has 0 amide bonds. The Morgan fingerprint density at radius 1 is 1.35 bits per heavy atom. The molecule has 2 N–H and O–H groups in total. The second-order valence-corrected chi connectivity index (χ2v) is 5.04. The molecule has 0 spiro atoms. The molecule has 1 aliphatic heterocycles. The molecule has 3 rings (SSSR count). The van der Waals surface area contributed by atoms with E-state index in [2.05, 4.69) is 4.98 Å². The van der Waals surface area contributed by atoms with E-state index >= 15 is 0 Å². The Balaban J connectivity index is 2.10. The van der Waals surface area contributed by atoms with E-state index in [1.165, 1.54) is 6.07 Å². The monoisotopic (exact) mass is 285 g/mol. The number of nitrogens with two attached hydrogens (primary N) is 1. The Labute approximate surface area is 113 Å². The number of alkyl halides is 3. The summed E-state index contributed by atoms with van der Waals surface area (Å²) >= 11 is 0. The van der Waals surface area contributed by atoms with Crippen LogP contribution in [0.4, 0.5) is 13.2 Å². The third kappa shape index (κ3) is 2.06. The fourth-order valence-corrected chi connectivity index (χ4v) is 2.56. The van der Waals surface area contributed by atoms with Crippen LogP contribution in [0.3, 0.4) is 0 Å². The van der Waals surface area contributed by atoms with Crippen molar-refractivity contribution in [2.24, 2.45) is 12.8 Å². The molecule has 1 aliphatic rings. The van der Waals surface area contributed by atoms with Crippen molar-refractivity contribution in [3.63, 3.8) is 0 Å². The summed E-state index contributed by atoms with van der Waals surface area (Å²) in [5.74, 6) is 0.589. The van der Waals surface area contributed by atoms with E-state index in [-0.39, 0.29) is 12.0 Å². The van der Waals surface area contributed by atoms with Crippen LogP contribution in [0.25, 0.3) is 11.0 Å². The van der Waals surface area contributed by atoms with Crippen molar-refractivity contribution in [3.8, 4) is 0 Å². The second-order valence-electron chi connectivity index (χ2n) is 5.04. The third-order valence-electron chi connectivity index (χ3n) is 3.70. The van der Waals surface area contributed by atoms with Crippen LogP contribution in [0, 0.1) is 0 Å². The van der Waals surface area contributed by atoms with Gasteiger partial charge >= 0.3 is 6.18 Å². The Hall–Kier alpha value is -1.60. The molecule has 0 bridgehead atoms. The number of nitrogens with zero attached hydrogens (tertiary/aromatic N) is 2. The molecule has 108 valence electrons. The lowest BCUT2D eigenvalue weighted by atomic mass is 10.0. The predicted octanol–water partition coefficient (Wildman–Crippen LogP) is 2.03. The van der Waals surface area contributed by atoms with E-state index in [1.54, 1.807) is 11.6 Å². The van der Waals surface area contributed by atoms with E-state index in [1.807, 2.05) is 0 Å². The van der Waals surface area contributed by atoms with Crippen LogP contribution in [0.2, 0.25) is 0 Å². The summed E-state index contributed by atoms with van der Waals surface area (Å²) in [4.78, 5) is 4.32. The summed E-state index contributed by atoms with van der Waals surface area (Å²) in [5, 5.41) is 0. The topological polar surface area (TPSA) is 53.1 Å². The lowest BCUT2D eigenvalue weighted by molar-refractivity contribution is -0.137. The number of hydrogen-bond donors (Lipinski definition) is 1. The van der Waals surface area contributed by atoms with Gasteiger partial charge in [0.05, 0.1) is 35.7 Å². The molecule has 1 saturated heterocycles. The SMILES string of the molecule is Cn1c(C2COCC2N)nc2cc(C(F)(F)F)ccc21. The lowest BCUT2D eigenvalue weighted by Crippen LogP contribution is -2.28. The summed E-state index contributed by atoms with van der Waals surface area (Å²) in [6.07, 6.45) is -4.36. The van der Waals surface area contributed by atoms with Gasteiger partial charge in [0.1, 0.15) is 5.82 Å². The zero-order valence-corrected chi connectivity index (χ0v) is 10.8. The lowest BCUT2D eigenvalue weighted by Gasteiger charge is -2.12. The first-order chi connectivity index (χ1) is 9.38. The van der Waals surface area contributed by atoms with Gasteiger partial charge in [-0.1, -0.05) is 0 Å². The zero-order chi connectivity index (χ0) is 14.5. The molecule has 2 unspecified atom stereocenters. The number of hydrogen-bond acceptors (Lipinski definition) is 3. The molecule has 0 aliphatic carbocycles. The minimum Gasteiger partial charge on any atom is -0.379 e. The highest BCUT2D eigenvalue weighted by Crippen LogP contribution is 2.33.